The van der Waals surface area contributed by atoms with Gasteiger partial charge in [0, 0.05) is 35.8 Å². The maximum atomic E-state index is 8.36. The standard InChI is InChI=1S/C23H31N5S.CH2O2/c1-22(2,3)26-21-25-19(17-29-21)23(18-8-6-5-7-9-18)10-13-28(14-11-23)16-20-24-12-15-27(20)4;2-1-3/h5-9,12,15,17H,10-11,13-14,16H2,1-4H3,(H,25,26);1H,(H,2,3). The first-order valence-corrected chi connectivity index (χ1v) is 11.7. The molecule has 3 aromatic rings. The van der Waals surface area contributed by atoms with Crippen LogP contribution in [0.25, 0.3) is 0 Å². The third-order valence-corrected chi connectivity index (χ3v) is 6.56. The molecule has 2 aromatic heterocycles. The number of benzene rings is 1. The summed E-state index contributed by atoms with van der Waals surface area (Å²) >= 11 is 1.72. The highest BCUT2D eigenvalue weighted by Crippen LogP contribution is 2.43. The second-order valence-electron chi connectivity index (χ2n) is 9.20. The Bertz CT molecular complexity index is 985. The summed E-state index contributed by atoms with van der Waals surface area (Å²) in [5.74, 6) is 1.13. The van der Waals surface area contributed by atoms with Crippen LogP contribution in [0.5, 0.6) is 0 Å². The van der Waals surface area contributed by atoms with Crippen molar-refractivity contribution in [1.29, 1.82) is 0 Å². The van der Waals surface area contributed by atoms with Crippen molar-refractivity contribution in [1.82, 2.24) is 19.4 Å². The Kier molecular flexibility index (Phi) is 7.69. The Morgan fingerprint density at radius 3 is 2.44 bits per heavy atom. The minimum absolute atomic E-state index is 0.0144. The fourth-order valence-electron chi connectivity index (χ4n) is 4.16. The van der Waals surface area contributed by atoms with E-state index in [0.29, 0.717) is 0 Å². The van der Waals surface area contributed by atoms with Crippen LogP contribution < -0.4 is 5.32 Å². The van der Waals surface area contributed by atoms with Crippen molar-refractivity contribution in [3.63, 3.8) is 0 Å². The van der Waals surface area contributed by atoms with Gasteiger partial charge in [-0.25, -0.2) is 9.97 Å². The maximum absolute atomic E-state index is 8.36. The molecular formula is C24H33N5O2S. The smallest absolute Gasteiger partial charge is 0.290 e. The van der Waals surface area contributed by atoms with Crippen molar-refractivity contribution in [2.75, 3.05) is 18.4 Å². The molecule has 1 aliphatic heterocycles. The minimum Gasteiger partial charge on any atom is -0.483 e. The summed E-state index contributed by atoms with van der Waals surface area (Å²) in [4.78, 5) is 20.4. The molecule has 0 aliphatic carbocycles. The summed E-state index contributed by atoms with van der Waals surface area (Å²) < 4.78 is 2.12. The number of piperidine rings is 1. The lowest BCUT2D eigenvalue weighted by molar-refractivity contribution is -0.122. The van der Waals surface area contributed by atoms with E-state index in [9.17, 15) is 0 Å². The van der Waals surface area contributed by atoms with E-state index in [0.717, 1.165) is 43.4 Å². The van der Waals surface area contributed by atoms with Gasteiger partial charge in [-0.2, -0.15) is 0 Å². The first-order chi connectivity index (χ1) is 15.3. The van der Waals surface area contributed by atoms with E-state index in [1.165, 1.54) is 11.3 Å². The van der Waals surface area contributed by atoms with Crippen LogP contribution in [0.1, 0.15) is 50.7 Å². The molecule has 0 saturated carbocycles. The Balaban J connectivity index is 0.000000913. The van der Waals surface area contributed by atoms with Gasteiger partial charge in [0.05, 0.1) is 12.2 Å². The first-order valence-electron chi connectivity index (χ1n) is 10.8. The second kappa shape index (κ2) is 10.3. The molecule has 0 amide bonds. The van der Waals surface area contributed by atoms with Crippen LogP contribution in [0.15, 0.2) is 48.1 Å². The zero-order chi connectivity index (χ0) is 23.2. The van der Waals surface area contributed by atoms with Gasteiger partial charge in [0.1, 0.15) is 5.82 Å². The number of rotatable bonds is 5. The van der Waals surface area contributed by atoms with E-state index < -0.39 is 0 Å². The van der Waals surface area contributed by atoms with E-state index in [4.69, 9.17) is 14.9 Å². The van der Waals surface area contributed by atoms with Crippen molar-refractivity contribution in [3.8, 4) is 0 Å². The Labute approximate surface area is 194 Å². The highest BCUT2D eigenvalue weighted by molar-refractivity contribution is 7.13. The van der Waals surface area contributed by atoms with Crippen molar-refractivity contribution >= 4 is 22.9 Å². The van der Waals surface area contributed by atoms with E-state index in [1.807, 2.05) is 12.4 Å². The number of nitrogens with one attached hydrogen (secondary N) is 1. The van der Waals surface area contributed by atoms with Gasteiger partial charge in [-0.15, -0.1) is 11.3 Å². The zero-order valence-electron chi connectivity index (χ0n) is 19.3. The molecule has 32 heavy (non-hydrogen) atoms. The number of carboxylic acid groups (broad SMARTS) is 1. The van der Waals surface area contributed by atoms with Gasteiger partial charge in [-0.3, -0.25) is 9.69 Å². The molecule has 1 fully saturated rings. The predicted molar refractivity (Wildman–Crippen MR) is 129 cm³/mol. The number of anilines is 1. The van der Waals surface area contributed by atoms with Gasteiger partial charge in [0.15, 0.2) is 5.13 Å². The maximum Gasteiger partial charge on any atom is 0.290 e. The van der Waals surface area contributed by atoms with Crippen LogP contribution >= 0.6 is 11.3 Å². The monoisotopic (exact) mass is 455 g/mol. The van der Waals surface area contributed by atoms with Gasteiger partial charge in [0.25, 0.3) is 6.47 Å². The van der Waals surface area contributed by atoms with Gasteiger partial charge >= 0.3 is 0 Å². The highest BCUT2D eigenvalue weighted by atomic mass is 32.1. The van der Waals surface area contributed by atoms with Crippen LogP contribution in [0.2, 0.25) is 0 Å². The van der Waals surface area contributed by atoms with Crippen molar-refractivity contribution < 1.29 is 9.90 Å². The summed E-state index contributed by atoms with van der Waals surface area (Å²) in [6.45, 7) is 9.27. The molecular weight excluding hydrogens is 422 g/mol. The first kappa shape index (κ1) is 23.9. The SMILES string of the molecule is Cn1ccnc1CN1CCC(c2ccccc2)(c2csc(NC(C)(C)C)n2)CC1.O=CO. The lowest BCUT2D eigenvalue weighted by atomic mass is 9.70. The Hall–Kier alpha value is -2.71. The summed E-state index contributed by atoms with van der Waals surface area (Å²) in [7, 11) is 2.07. The molecule has 4 rings (SSSR count). The number of imidazole rings is 1. The fourth-order valence-corrected chi connectivity index (χ4v) is 5.18. The van der Waals surface area contributed by atoms with Crippen molar-refractivity contribution in [2.45, 2.75) is 51.1 Å². The lowest BCUT2D eigenvalue weighted by Gasteiger charge is -2.41. The quantitative estimate of drug-likeness (QED) is 0.556. The number of likely N-dealkylation sites (tertiary alicyclic amines) is 1. The minimum atomic E-state index is -0.250. The molecule has 3 heterocycles. The summed E-state index contributed by atoms with van der Waals surface area (Å²) in [6.07, 6.45) is 6.04. The highest BCUT2D eigenvalue weighted by Gasteiger charge is 2.40. The lowest BCUT2D eigenvalue weighted by Crippen LogP contribution is -2.43. The molecule has 1 saturated heterocycles. The number of carbonyl (C=O) groups is 1. The van der Waals surface area contributed by atoms with Gasteiger partial charge in [0.2, 0.25) is 0 Å². The second-order valence-corrected chi connectivity index (χ2v) is 10.1. The van der Waals surface area contributed by atoms with Gasteiger partial charge in [-0.1, -0.05) is 30.3 Å². The molecule has 2 N–H and O–H groups in total. The van der Waals surface area contributed by atoms with E-state index >= 15 is 0 Å². The average molecular weight is 456 g/mol. The number of hydrogen-bond donors (Lipinski definition) is 2. The molecule has 0 unspecified atom stereocenters. The fraction of sp³-hybridized carbons (Fsp3) is 0.458. The van der Waals surface area contributed by atoms with Gasteiger partial charge < -0.3 is 15.0 Å². The number of aromatic nitrogens is 3. The van der Waals surface area contributed by atoms with Crippen LogP contribution in [0.4, 0.5) is 5.13 Å². The van der Waals surface area contributed by atoms with E-state index in [-0.39, 0.29) is 17.4 Å². The third-order valence-electron chi connectivity index (χ3n) is 5.80. The topological polar surface area (TPSA) is 83.3 Å². The summed E-state index contributed by atoms with van der Waals surface area (Å²) in [5, 5.41) is 13.7. The van der Waals surface area contributed by atoms with Crippen molar-refractivity contribution in [3.05, 3.63) is 65.2 Å². The molecule has 0 radical (unpaired) electrons. The molecule has 8 heteroatoms. The zero-order valence-corrected chi connectivity index (χ0v) is 20.1. The van der Waals surface area contributed by atoms with Crippen LogP contribution in [-0.4, -0.2) is 49.6 Å². The molecule has 0 spiro atoms. The molecule has 7 nitrogen and oxygen atoms in total. The summed E-state index contributed by atoms with van der Waals surface area (Å²) in [5.41, 5.74) is 2.58. The van der Waals surface area contributed by atoms with Crippen LogP contribution in [0.3, 0.4) is 0 Å². The predicted octanol–water partition coefficient (Wildman–Crippen LogP) is 4.37. The molecule has 0 bridgehead atoms. The number of hydrogen-bond acceptors (Lipinski definition) is 6. The molecule has 1 aromatic carbocycles. The molecule has 1 aliphatic rings. The van der Waals surface area contributed by atoms with Gasteiger partial charge in [-0.05, 0) is 52.3 Å². The van der Waals surface area contributed by atoms with Crippen LogP contribution in [-0.2, 0) is 23.8 Å². The summed E-state index contributed by atoms with van der Waals surface area (Å²) in [6, 6.07) is 10.9. The molecule has 172 valence electrons. The Morgan fingerprint density at radius 1 is 1.22 bits per heavy atom. The third kappa shape index (κ3) is 5.75. The van der Waals surface area contributed by atoms with Crippen molar-refractivity contribution in [2.24, 2.45) is 7.05 Å². The number of thiazole rings is 1. The number of nitrogens with zero attached hydrogens (tertiary/aromatic N) is 4. The molecule has 0 atom stereocenters. The number of aryl methyl sites for hydroxylation is 1. The van der Waals surface area contributed by atoms with E-state index in [2.05, 4.69) is 83.3 Å². The Morgan fingerprint density at radius 2 is 1.88 bits per heavy atom. The normalized spacial score (nSPS) is 16.1. The average Bonchev–Trinajstić information content (AvgIpc) is 3.38. The largest absolute Gasteiger partial charge is 0.483 e. The van der Waals surface area contributed by atoms with E-state index in [1.54, 1.807) is 11.3 Å². The van der Waals surface area contributed by atoms with Crippen LogP contribution in [0, 0.1) is 0 Å².